The van der Waals surface area contributed by atoms with Gasteiger partial charge in [0.05, 0.1) is 22.9 Å². The number of amides is 1. The molecule has 0 aliphatic carbocycles. The second kappa shape index (κ2) is 5.58. The number of non-ortho nitro benzene ring substituents is 1. The summed E-state index contributed by atoms with van der Waals surface area (Å²) in [7, 11) is 1.57. The molecule has 2 rings (SSSR count). The lowest BCUT2D eigenvalue weighted by Gasteiger charge is -2.21. The minimum Gasteiger partial charge on any atom is -0.337 e. The van der Waals surface area contributed by atoms with Crippen molar-refractivity contribution in [1.29, 1.82) is 5.26 Å². The number of nitriles is 1. The van der Waals surface area contributed by atoms with Crippen LogP contribution in [0.4, 0.5) is 5.69 Å². The van der Waals surface area contributed by atoms with E-state index in [2.05, 4.69) is 10.2 Å². The van der Waals surface area contributed by atoms with Crippen molar-refractivity contribution in [2.24, 2.45) is 0 Å². The number of aromatic nitrogens is 2. The molecule has 0 bridgehead atoms. The molecule has 21 heavy (non-hydrogen) atoms. The molecule has 8 nitrogen and oxygen atoms in total. The van der Waals surface area contributed by atoms with Crippen LogP contribution in [-0.4, -0.2) is 39.0 Å². The molecule has 1 N–H and O–H groups in total. The third kappa shape index (κ3) is 2.67. The predicted octanol–water partition coefficient (Wildman–Crippen LogP) is 1.85. The number of benzene rings is 1. The first kappa shape index (κ1) is 14.5. The van der Waals surface area contributed by atoms with Gasteiger partial charge in [0.25, 0.3) is 11.6 Å². The number of carbonyl (C=O) groups is 1. The van der Waals surface area contributed by atoms with Gasteiger partial charge in [0.15, 0.2) is 5.69 Å². The van der Waals surface area contributed by atoms with E-state index in [0.717, 1.165) is 0 Å². The normalized spacial score (nSPS) is 11.9. The maximum Gasteiger partial charge on any atom is 0.275 e. The van der Waals surface area contributed by atoms with Crippen LogP contribution < -0.4 is 0 Å². The summed E-state index contributed by atoms with van der Waals surface area (Å²) >= 11 is 0. The summed E-state index contributed by atoms with van der Waals surface area (Å²) in [6.07, 6.45) is 0.199. The second-order valence-corrected chi connectivity index (χ2v) is 4.69. The van der Waals surface area contributed by atoms with Gasteiger partial charge >= 0.3 is 0 Å². The molecule has 0 fully saturated rings. The first-order valence-corrected chi connectivity index (χ1v) is 6.22. The molecule has 0 aliphatic rings. The topological polar surface area (TPSA) is 116 Å². The van der Waals surface area contributed by atoms with E-state index in [9.17, 15) is 14.9 Å². The number of nitro benzene ring substituents is 1. The van der Waals surface area contributed by atoms with Gasteiger partial charge in [-0.05, 0) is 13.0 Å². The van der Waals surface area contributed by atoms with Crippen LogP contribution >= 0.6 is 0 Å². The van der Waals surface area contributed by atoms with Gasteiger partial charge in [0, 0.05) is 30.6 Å². The smallest absolute Gasteiger partial charge is 0.275 e. The molecule has 1 atom stereocenters. The number of nitro groups is 1. The van der Waals surface area contributed by atoms with Gasteiger partial charge in [-0.1, -0.05) is 0 Å². The molecule has 0 saturated heterocycles. The van der Waals surface area contributed by atoms with Gasteiger partial charge in [0.1, 0.15) is 0 Å². The monoisotopic (exact) mass is 287 g/mol. The van der Waals surface area contributed by atoms with E-state index in [1.807, 2.05) is 6.07 Å². The number of hydrogen-bond acceptors (Lipinski definition) is 5. The van der Waals surface area contributed by atoms with E-state index in [1.54, 1.807) is 14.0 Å². The SMILES string of the molecule is CC(CC#N)N(C)C(=O)c1n[nH]c2ccc([N+](=O)[O-])cc12. The zero-order chi connectivity index (χ0) is 15.6. The zero-order valence-corrected chi connectivity index (χ0v) is 11.5. The van der Waals surface area contributed by atoms with Crippen LogP contribution in [0.25, 0.3) is 10.9 Å². The molecule has 1 heterocycles. The van der Waals surface area contributed by atoms with Gasteiger partial charge in [-0.3, -0.25) is 20.0 Å². The van der Waals surface area contributed by atoms with Crippen molar-refractivity contribution in [3.63, 3.8) is 0 Å². The summed E-state index contributed by atoms with van der Waals surface area (Å²) in [4.78, 5) is 24.1. The quantitative estimate of drug-likeness (QED) is 0.680. The van der Waals surface area contributed by atoms with Crippen molar-refractivity contribution in [1.82, 2.24) is 15.1 Å². The molecule has 0 aliphatic heterocycles. The summed E-state index contributed by atoms with van der Waals surface area (Å²) in [6, 6.07) is 5.90. The molecule has 1 aromatic carbocycles. The predicted molar refractivity (Wildman–Crippen MR) is 74.5 cm³/mol. The molecule has 1 unspecified atom stereocenters. The number of H-pyrrole nitrogens is 1. The Morgan fingerprint density at radius 3 is 2.95 bits per heavy atom. The first-order valence-electron chi connectivity index (χ1n) is 6.22. The number of hydrogen-bond donors (Lipinski definition) is 1. The van der Waals surface area contributed by atoms with Gasteiger partial charge in [-0.25, -0.2) is 0 Å². The molecule has 0 saturated carbocycles. The van der Waals surface area contributed by atoms with Gasteiger partial charge in [0.2, 0.25) is 0 Å². The van der Waals surface area contributed by atoms with E-state index in [4.69, 9.17) is 5.26 Å². The summed E-state index contributed by atoms with van der Waals surface area (Å²) in [5.74, 6) is -0.385. The number of aromatic amines is 1. The number of nitrogens with one attached hydrogen (secondary N) is 1. The second-order valence-electron chi connectivity index (χ2n) is 4.69. The summed E-state index contributed by atoms with van der Waals surface area (Å²) in [5.41, 5.74) is 0.553. The lowest BCUT2D eigenvalue weighted by atomic mass is 10.1. The summed E-state index contributed by atoms with van der Waals surface area (Å²) in [5, 5.41) is 26.5. The number of carbonyl (C=O) groups excluding carboxylic acids is 1. The van der Waals surface area contributed by atoms with Crippen LogP contribution in [-0.2, 0) is 0 Å². The van der Waals surface area contributed by atoms with Crippen LogP contribution in [0.15, 0.2) is 18.2 Å². The van der Waals surface area contributed by atoms with Crippen molar-refractivity contribution in [2.45, 2.75) is 19.4 Å². The van der Waals surface area contributed by atoms with E-state index in [1.165, 1.54) is 23.1 Å². The molecule has 0 spiro atoms. The highest BCUT2D eigenvalue weighted by molar-refractivity contribution is 6.05. The standard InChI is InChI=1S/C13H13N5O3/c1-8(5-6-14)17(2)13(19)12-10-7-9(18(20)21)3-4-11(10)15-16-12/h3-4,7-8H,5H2,1-2H3,(H,15,16). The number of fused-ring (bicyclic) bond motifs is 1. The largest absolute Gasteiger partial charge is 0.337 e. The fourth-order valence-electron chi connectivity index (χ4n) is 1.91. The van der Waals surface area contributed by atoms with Crippen molar-refractivity contribution < 1.29 is 9.72 Å². The Morgan fingerprint density at radius 2 is 2.33 bits per heavy atom. The highest BCUT2D eigenvalue weighted by atomic mass is 16.6. The van der Waals surface area contributed by atoms with Crippen LogP contribution in [0.3, 0.4) is 0 Å². The molecule has 1 aromatic heterocycles. The van der Waals surface area contributed by atoms with Crippen LogP contribution in [0.2, 0.25) is 0 Å². The third-order valence-electron chi connectivity index (χ3n) is 3.33. The van der Waals surface area contributed by atoms with Crippen LogP contribution in [0, 0.1) is 21.4 Å². The average molecular weight is 287 g/mol. The lowest BCUT2D eigenvalue weighted by molar-refractivity contribution is -0.384. The molecule has 1 amide bonds. The van der Waals surface area contributed by atoms with Crippen molar-refractivity contribution in [3.8, 4) is 6.07 Å². The molecule has 0 radical (unpaired) electrons. The van der Waals surface area contributed by atoms with Crippen molar-refractivity contribution >= 4 is 22.5 Å². The Hall–Kier alpha value is -2.95. The Bertz CT molecular complexity index is 746. The molecule has 8 heteroatoms. The van der Waals surface area contributed by atoms with Crippen LogP contribution in [0.5, 0.6) is 0 Å². The highest BCUT2D eigenvalue weighted by Crippen LogP contribution is 2.23. The Labute approximate surface area is 120 Å². The lowest BCUT2D eigenvalue weighted by Crippen LogP contribution is -2.35. The fraction of sp³-hybridized carbons (Fsp3) is 0.308. The van der Waals surface area contributed by atoms with Crippen molar-refractivity contribution in [3.05, 3.63) is 34.0 Å². The van der Waals surface area contributed by atoms with Gasteiger partial charge in [-0.2, -0.15) is 10.4 Å². The van der Waals surface area contributed by atoms with Crippen LogP contribution in [0.1, 0.15) is 23.8 Å². The minimum absolute atomic E-state index is 0.106. The molecular formula is C13H13N5O3. The zero-order valence-electron chi connectivity index (χ0n) is 11.5. The number of nitrogens with zero attached hydrogens (tertiary/aromatic N) is 4. The highest BCUT2D eigenvalue weighted by Gasteiger charge is 2.23. The van der Waals surface area contributed by atoms with E-state index in [0.29, 0.717) is 10.9 Å². The molecule has 2 aromatic rings. The maximum absolute atomic E-state index is 12.4. The maximum atomic E-state index is 12.4. The Balaban J connectivity index is 2.42. The average Bonchev–Trinajstić information content (AvgIpc) is 2.88. The first-order chi connectivity index (χ1) is 9.95. The van der Waals surface area contributed by atoms with Gasteiger partial charge in [-0.15, -0.1) is 0 Å². The summed E-state index contributed by atoms with van der Waals surface area (Å²) < 4.78 is 0. The van der Waals surface area contributed by atoms with E-state index < -0.39 is 4.92 Å². The van der Waals surface area contributed by atoms with Gasteiger partial charge < -0.3 is 4.90 Å². The van der Waals surface area contributed by atoms with E-state index >= 15 is 0 Å². The minimum atomic E-state index is -0.525. The van der Waals surface area contributed by atoms with E-state index in [-0.39, 0.29) is 29.8 Å². The Morgan fingerprint density at radius 1 is 1.62 bits per heavy atom. The summed E-state index contributed by atoms with van der Waals surface area (Å²) in [6.45, 7) is 1.75. The fourth-order valence-corrected chi connectivity index (χ4v) is 1.91. The number of rotatable bonds is 4. The van der Waals surface area contributed by atoms with Crippen molar-refractivity contribution in [2.75, 3.05) is 7.05 Å². The third-order valence-corrected chi connectivity index (χ3v) is 3.33. The Kier molecular flexibility index (Phi) is 3.84. The molecule has 108 valence electrons. The molecular weight excluding hydrogens is 274 g/mol.